The monoisotopic (exact) mass is 445 g/mol. The maximum Gasteiger partial charge on any atom is 0.132 e. The van der Waals surface area contributed by atoms with Crippen LogP contribution in [0.2, 0.25) is 0 Å². The summed E-state index contributed by atoms with van der Waals surface area (Å²) in [5.41, 5.74) is 6.69. The summed E-state index contributed by atoms with van der Waals surface area (Å²) in [5, 5.41) is 12.9. The molecule has 5 rings (SSSR count). The Labute approximate surface area is 191 Å². The number of aromatic nitrogens is 1. The molecular weight excluding hydrogens is 416 g/mol. The summed E-state index contributed by atoms with van der Waals surface area (Å²) in [6, 6.07) is 19.5. The fourth-order valence-corrected chi connectivity index (χ4v) is 5.53. The van der Waals surface area contributed by atoms with E-state index in [0.717, 1.165) is 58.7 Å². The van der Waals surface area contributed by atoms with Gasteiger partial charge in [0.05, 0.1) is 10.9 Å². The van der Waals surface area contributed by atoms with Crippen molar-refractivity contribution in [2.24, 2.45) is 0 Å². The van der Waals surface area contributed by atoms with Gasteiger partial charge in [-0.15, -0.1) is 9.24 Å². The molecule has 1 fully saturated rings. The molecule has 4 heteroatoms. The number of fused-ring (bicyclic) bond motifs is 1. The first-order valence-electron chi connectivity index (χ1n) is 11.5. The molecule has 1 aliphatic rings. The fourth-order valence-electron chi connectivity index (χ4n) is 5.29. The third-order valence-corrected chi connectivity index (χ3v) is 7.83. The molecule has 0 bridgehead atoms. The van der Waals surface area contributed by atoms with Crippen molar-refractivity contribution < 1.29 is 9.50 Å². The standard InChI is InChI=1S/C28H29FNOP/c1-3-18-6-8-19(9-7-18)24-25-22(14-15-23(32)26(25)31)30(21-12-10-20(29)11-13-21)27(24)28(4-2)16-5-17-28/h6-15,31H,3-5,16-17,32H2,1-2H3. The van der Waals surface area contributed by atoms with Gasteiger partial charge in [-0.2, -0.15) is 0 Å². The summed E-state index contributed by atoms with van der Waals surface area (Å²) in [6.45, 7) is 4.42. The van der Waals surface area contributed by atoms with Gasteiger partial charge in [0.1, 0.15) is 11.6 Å². The van der Waals surface area contributed by atoms with Gasteiger partial charge in [0.2, 0.25) is 0 Å². The van der Waals surface area contributed by atoms with Crippen LogP contribution in [0.25, 0.3) is 27.7 Å². The van der Waals surface area contributed by atoms with Crippen LogP contribution in [0.1, 0.15) is 50.8 Å². The van der Waals surface area contributed by atoms with E-state index in [2.05, 4.69) is 58.0 Å². The minimum Gasteiger partial charge on any atom is -0.507 e. The molecule has 0 amide bonds. The van der Waals surface area contributed by atoms with Gasteiger partial charge in [-0.1, -0.05) is 44.5 Å². The number of halogens is 1. The van der Waals surface area contributed by atoms with Crippen LogP contribution in [0.15, 0.2) is 60.7 Å². The van der Waals surface area contributed by atoms with Crippen LogP contribution in [0.4, 0.5) is 4.39 Å². The lowest BCUT2D eigenvalue weighted by Crippen LogP contribution is -2.36. The van der Waals surface area contributed by atoms with E-state index >= 15 is 0 Å². The molecule has 1 N–H and O–H groups in total. The maximum atomic E-state index is 13.8. The molecule has 4 aromatic rings. The number of hydrogen-bond donors (Lipinski definition) is 1. The molecule has 1 aliphatic carbocycles. The van der Waals surface area contributed by atoms with Crippen molar-refractivity contribution in [3.05, 3.63) is 77.7 Å². The summed E-state index contributed by atoms with van der Waals surface area (Å²) < 4.78 is 16.1. The average molecular weight is 446 g/mol. The van der Waals surface area contributed by atoms with E-state index in [1.165, 1.54) is 29.8 Å². The lowest BCUT2D eigenvalue weighted by molar-refractivity contribution is 0.226. The molecule has 1 heterocycles. The van der Waals surface area contributed by atoms with Gasteiger partial charge in [-0.25, -0.2) is 4.39 Å². The molecule has 0 aliphatic heterocycles. The molecule has 32 heavy (non-hydrogen) atoms. The predicted octanol–water partition coefficient (Wildman–Crippen LogP) is 7.04. The molecule has 0 spiro atoms. The zero-order valence-electron chi connectivity index (χ0n) is 18.7. The molecule has 164 valence electrons. The zero-order valence-corrected chi connectivity index (χ0v) is 19.8. The topological polar surface area (TPSA) is 25.2 Å². The quantitative estimate of drug-likeness (QED) is 0.328. The van der Waals surface area contributed by atoms with Crippen LogP contribution in [-0.4, -0.2) is 9.67 Å². The van der Waals surface area contributed by atoms with Gasteiger partial charge < -0.3 is 9.67 Å². The van der Waals surface area contributed by atoms with Crippen LogP contribution in [-0.2, 0) is 11.8 Å². The molecule has 1 unspecified atom stereocenters. The molecule has 1 aromatic heterocycles. The number of nitrogens with zero attached hydrogens (tertiary/aromatic N) is 1. The second-order valence-electron chi connectivity index (χ2n) is 8.97. The summed E-state index contributed by atoms with van der Waals surface area (Å²) >= 11 is 0. The van der Waals surface area contributed by atoms with Crippen molar-refractivity contribution in [2.75, 3.05) is 0 Å². The number of aryl methyl sites for hydroxylation is 1. The Morgan fingerprint density at radius 1 is 0.969 bits per heavy atom. The number of rotatable bonds is 5. The molecule has 1 atom stereocenters. The Hall–Kier alpha value is -2.64. The molecule has 1 saturated carbocycles. The number of benzene rings is 3. The Kier molecular flexibility index (Phi) is 5.34. The highest BCUT2D eigenvalue weighted by atomic mass is 31.0. The highest BCUT2D eigenvalue weighted by Gasteiger charge is 2.43. The second-order valence-corrected chi connectivity index (χ2v) is 9.59. The Balaban J connectivity index is 1.94. The van der Waals surface area contributed by atoms with E-state index in [9.17, 15) is 9.50 Å². The van der Waals surface area contributed by atoms with Gasteiger partial charge in [0.25, 0.3) is 0 Å². The second kappa shape index (κ2) is 8.05. The molecule has 0 saturated heterocycles. The third kappa shape index (κ3) is 3.18. The van der Waals surface area contributed by atoms with Crippen LogP contribution in [0.3, 0.4) is 0 Å². The van der Waals surface area contributed by atoms with E-state index in [4.69, 9.17) is 0 Å². The molecule has 3 aromatic carbocycles. The minimum atomic E-state index is -0.244. The van der Waals surface area contributed by atoms with E-state index in [1.807, 2.05) is 18.2 Å². The first-order chi connectivity index (χ1) is 15.5. The lowest BCUT2D eigenvalue weighted by Gasteiger charge is -2.43. The average Bonchev–Trinajstić information content (AvgIpc) is 3.12. The van der Waals surface area contributed by atoms with Crippen molar-refractivity contribution in [3.63, 3.8) is 0 Å². The Morgan fingerprint density at radius 3 is 2.22 bits per heavy atom. The SMILES string of the molecule is CCc1ccc(-c2c(C3(CC)CCC3)n(-c3ccc(F)cc3)c3ccc(P)c(O)c23)cc1. The highest BCUT2D eigenvalue weighted by molar-refractivity contribution is 7.27. The van der Waals surface area contributed by atoms with Crippen molar-refractivity contribution in [1.29, 1.82) is 0 Å². The smallest absolute Gasteiger partial charge is 0.132 e. The largest absolute Gasteiger partial charge is 0.507 e. The molecule has 0 radical (unpaired) electrons. The highest BCUT2D eigenvalue weighted by Crippen LogP contribution is 2.54. The fraction of sp³-hybridized carbons (Fsp3) is 0.286. The van der Waals surface area contributed by atoms with E-state index in [0.29, 0.717) is 5.75 Å². The van der Waals surface area contributed by atoms with Gasteiger partial charge >= 0.3 is 0 Å². The summed E-state index contributed by atoms with van der Waals surface area (Å²) in [4.78, 5) is 0. The van der Waals surface area contributed by atoms with E-state index < -0.39 is 0 Å². The number of phenolic OH excluding ortho intramolecular Hbond substituents is 1. The maximum absolute atomic E-state index is 13.8. The van der Waals surface area contributed by atoms with Gasteiger partial charge in [0.15, 0.2) is 0 Å². The first kappa shape index (κ1) is 21.2. The summed E-state index contributed by atoms with van der Waals surface area (Å²) in [7, 11) is 2.66. The summed E-state index contributed by atoms with van der Waals surface area (Å²) in [5.74, 6) is 0.0563. The molecule has 2 nitrogen and oxygen atoms in total. The summed E-state index contributed by atoms with van der Waals surface area (Å²) in [6.07, 6.45) is 5.46. The van der Waals surface area contributed by atoms with Crippen LogP contribution in [0, 0.1) is 5.82 Å². The predicted molar refractivity (Wildman–Crippen MR) is 135 cm³/mol. The first-order valence-corrected chi connectivity index (χ1v) is 12.1. The number of aromatic hydroxyl groups is 1. The van der Waals surface area contributed by atoms with Crippen LogP contribution in [0.5, 0.6) is 5.75 Å². The van der Waals surface area contributed by atoms with Crippen molar-refractivity contribution >= 4 is 25.4 Å². The van der Waals surface area contributed by atoms with Gasteiger partial charge in [0, 0.05) is 27.7 Å². The van der Waals surface area contributed by atoms with Crippen molar-refractivity contribution in [1.82, 2.24) is 4.57 Å². The van der Waals surface area contributed by atoms with E-state index in [1.54, 1.807) is 0 Å². The lowest BCUT2D eigenvalue weighted by atomic mass is 9.63. The number of phenols is 1. The Morgan fingerprint density at radius 2 is 1.66 bits per heavy atom. The minimum absolute atomic E-state index is 0.0413. The Bertz CT molecular complexity index is 1280. The number of hydrogen-bond acceptors (Lipinski definition) is 1. The van der Waals surface area contributed by atoms with E-state index in [-0.39, 0.29) is 11.2 Å². The van der Waals surface area contributed by atoms with Gasteiger partial charge in [-0.05, 0) is 73.2 Å². The normalized spacial score (nSPS) is 15.1. The third-order valence-electron chi connectivity index (χ3n) is 7.36. The van der Waals surface area contributed by atoms with Crippen LogP contribution >= 0.6 is 9.24 Å². The van der Waals surface area contributed by atoms with Crippen molar-refractivity contribution in [3.8, 4) is 22.6 Å². The van der Waals surface area contributed by atoms with Gasteiger partial charge in [-0.3, -0.25) is 0 Å². The zero-order chi connectivity index (χ0) is 22.5. The van der Waals surface area contributed by atoms with Crippen molar-refractivity contribution in [2.45, 2.75) is 51.4 Å². The van der Waals surface area contributed by atoms with Crippen LogP contribution < -0.4 is 5.30 Å². The molecular formula is C28H29FNOP.